The van der Waals surface area contributed by atoms with Crippen molar-refractivity contribution in [2.24, 2.45) is 0 Å². The van der Waals surface area contributed by atoms with Crippen LogP contribution in [0.25, 0.3) is 0 Å². The number of phenolic OH excluding ortho intramolecular Hbond substituents is 1. The van der Waals surface area contributed by atoms with Crippen molar-refractivity contribution in [3.8, 4) is 5.75 Å². The molecule has 1 saturated carbocycles. The van der Waals surface area contributed by atoms with E-state index in [1.54, 1.807) is 0 Å². The van der Waals surface area contributed by atoms with Crippen molar-refractivity contribution in [1.82, 2.24) is 14.7 Å². The quantitative estimate of drug-likeness (QED) is 0.196. The van der Waals surface area contributed by atoms with Crippen molar-refractivity contribution in [3.05, 3.63) is 58.7 Å². The minimum absolute atomic E-state index is 0.0605. The Kier molecular flexibility index (Phi) is 9.92. The van der Waals surface area contributed by atoms with Crippen LogP contribution in [0.2, 0.25) is 0 Å². The fraction of sp³-hybridized carbons (Fsp3) is 0.595. The molecule has 3 amide bonds. The van der Waals surface area contributed by atoms with E-state index in [0.29, 0.717) is 56.1 Å². The van der Waals surface area contributed by atoms with E-state index in [4.69, 9.17) is 0 Å². The first-order valence-electron chi connectivity index (χ1n) is 17.7. The zero-order valence-corrected chi connectivity index (χ0v) is 28.1. The number of anilines is 1. The Morgan fingerprint density at radius 1 is 0.979 bits per heavy atom. The second-order valence-corrected chi connectivity index (χ2v) is 14.4. The Morgan fingerprint density at radius 3 is 2.32 bits per heavy atom. The highest BCUT2D eigenvalue weighted by Gasteiger charge is 2.64. The van der Waals surface area contributed by atoms with Gasteiger partial charge in [0.1, 0.15) is 18.6 Å². The molecular weight excluding hydrogens is 594 g/mol. The van der Waals surface area contributed by atoms with Gasteiger partial charge in [0.2, 0.25) is 0 Å². The lowest BCUT2D eigenvalue weighted by Crippen LogP contribution is -2.79. The van der Waals surface area contributed by atoms with Crippen LogP contribution in [0.1, 0.15) is 80.0 Å². The number of amides is 3. The summed E-state index contributed by atoms with van der Waals surface area (Å²) in [5.74, 6) is 0.219. The summed E-state index contributed by atoms with van der Waals surface area (Å²) in [7, 11) is 0. The van der Waals surface area contributed by atoms with Crippen molar-refractivity contribution in [1.29, 1.82) is 0 Å². The largest absolute Gasteiger partial charge is 0.515 e. The Bertz CT molecular complexity index is 1440. The molecular formula is C37H52N5O5+. The highest BCUT2D eigenvalue weighted by Crippen LogP contribution is 2.45. The predicted octanol–water partition coefficient (Wildman–Crippen LogP) is 5.88. The number of nitrogens with one attached hydrogen (secondary N) is 1. The summed E-state index contributed by atoms with van der Waals surface area (Å²) in [6, 6.07) is 11.8. The number of aromatic hydroxyl groups is 1. The van der Waals surface area contributed by atoms with Gasteiger partial charge in [0.25, 0.3) is 0 Å². The van der Waals surface area contributed by atoms with Gasteiger partial charge >= 0.3 is 12.1 Å². The molecule has 3 heterocycles. The van der Waals surface area contributed by atoms with Crippen molar-refractivity contribution in [2.75, 3.05) is 44.6 Å². The Morgan fingerprint density at radius 2 is 1.66 bits per heavy atom. The lowest BCUT2D eigenvalue weighted by atomic mass is 9.82. The molecule has 0 radical (unpaired) electrons. The fourth-order valence-electron chi connectivity index (χ4n) is 9.30. The second-order valence-electron chi connectivity index (χ2n) is 14.4. The first-order chi connectivity index (χ1) is 22.7. The van der Waals surface area contributed by atoms with Gasteiger partial charge < -0.3 is 25.2 Å². The normalized spacial score (nSPS) is 28.2. The van der Waals surface area contributed by atoms with Crippen LogP contribution in [0, 0.1) is 13.8 Å². The van der Waals surface area contributed by atoms with Crippen LogP contribution >= 0.6 is 0 Å². The number of fused-ring (bicyclic) bond motifs is 1. The van der Waals surface area contributed by atoms with Gasteiger partial charge in [0, 0.05) is 68.9 Å². The van der Waals surface area contributed by atoms with E-state index in [-0.39, 0.29) is 41.8 Å². The van der Waals surface area contributed by atoms with Gasteiger partial charge in [-0.05, 0) is 68.0 Å². The fourth-order valence-corrected chi connectivity index (χ4v) is 9.30. The number of nitrogens with zero attached hydrogens (tertiary/aromatic N) is 4. The van der Waals surface area contributed by atoms with Crippen LogP contribution in [0.5, 0.6) is 5.75 Å². The molecule has 10 heteroatoms. The lowest BCUT2D eigenvalue weighted by Gasteiger charge is -2.59. The number of para-hydroxylation sites is 1. The standard InChI is InChI=1S/C37H51N5O5/c1-27-23-29(24-28(2)34(27)44)26-42(36(46)47)21-14-32(41-16-13-30-9-7-8-12-33(30)38-35(41)45)25-37(42,15-22-43)40-19-17-39(18-20-40)31-10-5-3-4-6-11-31/h7-9,12,22-24,31-32H,3-6,10-11,13-21,25-26H2,1-2H3,(H2-,38,44,45,46,47)/p+1/t32?,37?,42-/m0/s1. The van der Waals surface area contributed by atoms with Crippen molar-refractivity contribution in [3.63, 3.8) is 0 Å². The van der Waals surface area contributed by atoms with Gasteiger partial charge in [0.15, 0.2) is 5.66 Å². The number of benzene rings is 2. The predicted molar refractivity (Wildman–Crippen MR) is 181 cm³/mol. The number of carbonyl (C=O) groups is 3. The van der Waals surface area contributed by atoms with Crippen LogP contribution in [0.3, 0.4) is 0 Å². The number of quaternary nitrogens is 1. The number of hydrogen-bond donors (Lipinski definition) is 3. The average Bonchev–Trinajstić information content (AvgIpc) is 3.44. The number of piperazine rings is 1. The van der Waals surface area contributed by atoms with E-state index in [0.717, 1.165) is 36.2 Å². The molecule has 0 spiro atoms. The highest BCUT2D eigenvalue weighted by molar-refractivity contribution is 5.91. The first-order valence-corrected chi connectivity index (χ1v) is 17.7. The van der Waals surface area contributed by atoms with Crippen LogP contribution in [0.4, 0.5) is 15.3 Å². The second kappa shape index (κ2) is 13.9. The molecule has 0 bridgehead atoms. The molecule has 3 N–H and O–H groups in total. The molecule has 0 aromatic heterocycles. The first kappa shape index (κ1) is 33.4. The maximum absolute atomic E-state index is 13.8. The number of piperidine rings is 1. The summed E-state index contributed by atoms with van der Waals surface area (Å²) >= 11 is 0. The molecule has 47 heavy (non-hydrogen) atoms. The van der Waals surface area contributed by atoms with Gasteiger partial charge in [0.05, 0.1) is 13.0 Å². The summed E-state index contributed by atoms with van der Waals surface area (Å²) < 4.78 is -0.301. The van der Waals surface area contributed by atoms with Gasteiger partial charge in [-0.25, -0.2) is 14.2 Å². The molecule has 2 aromatic carbocycles. The number of likely N-dealkylation sites (tertiary alicyclic amines) is 1. The van der Waals surface area contributed by atoms with Crippen molar-refractivity contribution >= 4 is 24.1 Å². The molecule has 4 aliphatic rings. The molecule has 10 nitrogen and oxygen atoms in total. The molecule has 3 atom stereocenters. The SMILES string of the molecule is Cc1cc(C[N@+]2(C(=O)O)CCC(N3CCc4ccccc4NC3=O)CC2(CC=O)N2CCN(C3CCCCCC3)CC2)cc(C)c1O. The summed E-state index contributed by atoms with van der Waals surface area (Å²) in [6.07, 6.45) is 9.15. The topological polar surface area (TPSA) is 113 Å². The van der Waals surface area contributed by atoms with E-state index in [1.807, 2.05) is 55.1 Å². The Labute approximate surface area is 278 Å². The van der Waals surface area contributed by atoms with E-state index >= 15 is 0 Å². The number of rotatable bonds is 7. The molecule has 2 unspecified atom stereocenters. The highest BCUT2D eigenvalue weighted by atomic mass is 16.4. The molecule has 1 aliphatic carbocycles. The van der Waals surface area contributed by atoms with Crippen LogP contribution < -0.4 is 5.32 Å². The van der Waals surface area contributed by atoms with E-state index in [2.05, 4.69) is 15.1 Å². The minimum Gasteiger partial charge on any atom is -0.507 e. The minimum atomic E-state index is -1.05. The third-order valence-corrected chi connectivity index (χ3v) is 11.8. The summed E-state index contributed by atoms with van der Waals surface area (Å²) in [5.41, 5.74) is 3.09. The molecule has 2 saturated heterocycles. The van der Waals surface area contributed by atoms with Crippen LogP contribution in [0.15, 0.2) is 36.4 Å². The van der Waals surface area contributed by atoms with Gasteiger partial charge in [-0.3, -0.25) is 4.90 Å². The number of urea groups is 1. The van der Waals surface area contributed by atoms with E-state index in [9.17, 15) is 24.6 Å². The zero-order valence-electron chi connectivity index (χ0n) is 28.1. The van der Waals surface area contributed by atoms with E-state index < -0.39 is 11.8 Å². The van der Waals surface area contributed by atoms with Gasteiger partial charge in [-0.15, -0.1) is 0 Å². The third kappa shape index (κ3) is 6.39. The van der Waals surface area contributed by atoms with Crippen LogP contribution in [-0.4, -0.2) is 105 Å². The molecule has 6 rings (SSSR count). The summed E-state index contributed by atoms with van der Waals surface area (Å²) in [5, 5.41) is 24.9. The monoisotopic (exact) mass is 646 g/mol. The number of phenols is 1. The van der Waals surface area contributed by atoms with Gasteiger partial charge in [-0.1, -0.05) is 43.9 Å². The summed E-state index contributed by atoms with van der Waals surface area (Å²) in [4.78, 5) is 47.1. The number of carboxylic acid groups (broad SMARTS) is 1. The van der Waals surface area contributed by atoms with Gasteiger partial charge in [-0.2, -0.15) is 4.79 Å². The molecule has 2 aromatic rings. The zero-order chi connectivity index (χ0) is 33.2. The molecule has 3 aliphatic heterocycles. The van der Waals surface area contributed by atoms with Crippen LogP contribution in [-0.2, 0) is 17.8 Å². The Balaban J connectivity index is 1.36. The number of hydrogen-bond acceptors (Lipinski definition) is 6. The molecule has 3 fully saturated rings. The van der Waals surface area contributed by atoms with E-state index in [1.165, 1.54) is 38.5 Å². The number of aryl methyl sites for hydroxylation is 2. The molecule has 254 valence electrons. The van der Waals surface area contributed by atoms with Crippen molar-refractivity contribution < 1.29 is 29.1 Å². The smallest absolute Gasteiger partial charge is 0.507 e. The number of carbonyl (C=O) groups excluding carboxylic acids is 2. The van der Waals surface area contributed by atoms with Crippen molar-refractivity contribution in [2.45, 2.75) is 102 Å². The number of aldehydes is 1. The third-order valence-electron chi connectivity index (χ3n) is 11.8. The maximum atomic E-state index is 13.8. The maximum Gasteiger partial charge on any atom is 0.515 e. The summed E-state index contributed by atoms with van der Waals surface area (Å²) in [6.45, 7) is 7.72. The lowest BCUT2D eigenvalue weighted by molar-refractivity contribution is -0.942. The average molecular weight is 647 g/mol. The Hall–Kier alpha value is -3.47.